The molecule has 1 aliphatic rings. The summed E-state index contributed by atoms with van der Waals surface area (Å²) in [6.45, 7) is 3.63. The lowest BCUT2D eigenvalue weighted by Crippen LogP contribution is -2.35. The molecule has 1 aliphatic heterocycles. The van der Waals surface area contributed by atoms with E-state index in [1.54, 1.807) is 6.07 Å². The number of nitrogens with zero attached hydrogens (tertiary/aromatic N) is 4. The second kappa shape index (κ2) is 10.6. The van der Waals surface area contributed by atoms with Crippen LogP contribution in [0, 0.1) is 6.92 Å². The Balaban J connectivity index is 1.13. The van der Waals surface area contributed by atoms with Gasteiger partial charge in [-0.2, -0.15) is 5.10 Å². The molecule has 0 saturated carbocycles. The van der Waals surface area contributed by atoms with Gasteiger partial charge in [0.2, 0.25) is 0 Å². The van der Waals surface area contributed by atoms with Crippen molar-refractivity contribution < 1.29 is 9.90 Å². The molecule has 8 nitrogen and oxygen atoms in total. The Hall–Kier alpha value is -4.69. The molecular formula is C31H30N6O2. The molecule has 39 heavy (non-hydrogen) atoms. The van der Waals surface area contributed by atoms with E-state index < -0.39 is 0 Å². The number of hydrogen-bond donors (Lipinski definition) is 3. The molecule has 3 N–H and O–H groups in total. The number of benzene rings is 3. The van der Waals surface area contributed by atoms with Gasteiger partial charge in [-0.15, -0.1) is 0 Å². The Labute approximate surface area is 226 Å². The van der Waals surface area contributed by atoms with Crippen LogP contribution in [0.4, 0.5) is 22.7 Å². The SMILES string of the molecule is Cc1cccc(C(=O)Nc2ccc(-n3ncc4cc(Nc5ccc(N6CCC(O)CC6)cc5)ccc43)cc2)n1. The van der Waals surface area contributed by atoms with Gasteiger partial charge < -0.3 is 20.6 Å². The van der Waals surface area contributed by atoms with Crippen molar-refractivity contribution in [2.45, 2.75) is 25.9 Å². The minimum atomic E-state index is -0.239. The highest BCUT2D eigenvalue weighted by Gasteiger charge is 2.17. The van der Waals surface area contributed by atoms with Crippen LogP contribution in [0.25, 0.3) is 16.6 Å². The maximum Gasteiger partial charge on any atom is 0.274 e. The second-order valence-corrected chi connectivity index (χ2v) is 9.89. The fourth-order valence-corrected chi connectivity index (χ4v) is 4.91. The molecule has 196 valence electrons. The van der Waals surface area contributed by atoms with E-state index in [0.29, 0.717) is 11.4 Å². The van der Waals surface area contributed by atoms with Crippen molar-refractivity contribution in [2.75, 3.05) is 28.6 Å². The van der Waals surface area contributed by atoms with Crippen molar-refractivity contribution in [1.29, 1.82) is 0 Å². The number of aryl methyl sites for hydroxylation is 1. The maximum absolute atomic E-state index is 12.5. The van der Waals surface area contributed by atoms with Crippen LogP contribution < -0.4 is 15.5 Å². The third-order valence-corrected chi connectivity index (χ3v) is 7.04. The normalized spacial score (nSPS) is 13.9. The summed E-state index contributed by atoms with van der Waals surface area (Å²) in [5, 5.41) is 21.7. The highest BCUT2D eigenvalue weighted by atomic mass is 16.3. The molecule has 5 aromatic rings. The highest BCUT2D eigenvalue weighted by molar-refractivity contribution is 6.02. The molecule has 0 spiro atoms. The zero-order chi connectivity index (χ0) is 26.8. The number of aliphatic hydroxyl groups excluding tert-OH is 1. The van der Waals surface area contributed by atoms with Gasteiger partial charge in [-0.3, -0.25) is 4.79 Å². The minimum absolute atomic E-state index is 0.171. The van der Waals surface area contributed by atoms with Crippen molar-refractivity contribution >= 4 is 39.6 Å². The fraction of sp³-hybridized carbons (Fsp3) is 0.194. The predicted octanol–water partition coefficient (Wildman–Crippen LogP) is 5.69. The fourth-order valence-electron chi connectivity index (χ4n) is 4.91. The van der Waals surface area contributed by atoms with Crippen molar-refractivity contribution in [3.8, 4) is 5.69 Å². The van der Waals surface area contributed by atoms with E-state index in [1.165, 1.54) is 5.69 Å². The number of hydrogen-bond acceptors (Lipinski definition) is 6. The molecule has 3 aromatic carbocycles. The standard InChI is InChI=1S/C31H30N6O2/c1-21-3-2-4-29(33-21)31(39)35-24-7-12-27(13-8-24)37-30-14-9-25(19-22(30)20-32-37)34-23-5-10-26(11-6-23)36-17-15-28(38)16-18-36/h2-14,19-20,28,34,38H,15-18H2,1H3,(H,35,39). The van der Waals surface area contributed by atoms with Crippen LogP contribution in [0.5, 0.6) is 0 Å². The van der Waals surface area contributed by atoms with Crippen LogP contribution in [-0.2, 0) is 0 Å². The van der Waals surface area contributed by atoms with E-state index in [2.05, 4.69) is 62.0 Å². The van der Waals surface area contributed by atoms with E-state index in [1.807, 2.05) is 60.3 Å². The largest absolute Gasteiger partial charge is 0.393 e. The monoisotopic (exact) mass is 518 g/mol. The summed E-state index contributed by atoms with van der Waals surface area (Å²) in [6, 6.07) is 27.6. The molecule has 1 saturated heterocycles. The van der Waals surface area contributed by atoms with Gasteiger partial charge in [0.15, 0.2) is 0 Å². The summed E-state index contributed by atoms with van der Waals surface area (Å²) in [5.74, 6) is -0.239. The Bertz CT molecular complexity index is 1600. The van der Waals surface area contributed by atoms with Crippen LogP contribution >= 0.6 is 0 Å². The number of piperidine rings is 1. The van der Waals surface area contributed by atoms with Gasteiger partial charge in [-0.25, -0.2) is 9.67 Å². The summed E-state index contributed by atoms with van der Waals surface area (Å²) < 4.78 is 1.89. The summed E-state index contributed by atoms with van der Waals surface area (Å²) in [5.41, 5.74) is 6.96. The molecule has 1 fully saturated rings. The first-order chi connectivity index (χ1) is 19.0. The Morgan fingerprint density at radius 2 is 1.56 bits per heavy atom. The third kappa shape index (κ3) is 5.46. The minimum Gasteiger partial charge on any atom is -0.393 e. The zero-order valence-corrected chi connectivity index (χ0v) is 21.7. The average molecular weight is 519 g/mol. The first kappa shape index (κ1) is 24.6. The molecule has 2 aromatic heterocycles. The van der Waals surface area contributed by atoms with Crippen LogP contribution in [0.1, 0.15) is 29.0 Å². The number of carbonyl (C=O) groups is 1. The lowest BCUT2D eigenvalue weighted by atomic mass is 10.1. The third-order valence-electron chi connectivity index (χ3n) is 7.04. The lowest BCUT2D eigenvalue weighted by molar-refractivity contribution is 0.102. The number of nitrogens with one attached hydrogen (secondary N) is 2. The van der Waals surface area contributed by atoms with Gasteiger partial charge in [0.1, 0.15) is 5.69 Å². The number of amides is 1. The molecule has 0 bridgehead atoms. The van der Waals surface area contributed by atoms with Gasteiger partial charge in [0.05, 0.1) is 23.5 Å². The van der Waals surface area contributed by atoms with E-state index in [9.17, 15) is 9.90 Å². The topological polar surface area (TPSA) is 95.3 Å². The number of anilines is 4. The van der Waals surface area contributed by atoms with Crippen molar-refractivity contribution in [3.05, 3.63) is 103 Å². The number of rotatable bonds is 6. The smallest absolute Gasteiger partial charge is 0.274 e. The number of aliphatic hydroxyl groups is 1. The molecule has 0 unspecified atom stereocenters. The summed E-state index contributed by atoms with van der Waals surface area (Å²) in [7, 11) is 0. The van der Waals surface area contributed by atoms with E-state index in [4.69, 9.17) is 0 Å². The summed E-state index contributed by atoms with van der Waals surface area (Å²) in [4.78, 5) is 19.1. The zero-order valence-electron chi connectivity index (χ0n) is 21.7. The van der Waals surface area contributed by atoms with Gasteiger partial charge >= 0.3 is 0 Å². The van der Waals surface area contributed by atoms with Gasteiger partial charge in [0.25, 0.3) is 5.91 Å². The van der Waals surface area contributed by atoms with Crippen molar-refractivity contribution in [2.24, 2.45) is 0 Å². The number of pyridine rings is 1. The summed E-state index contributed by atoms with van der Waals surface area (Å²) >= 11 is 0. The van der Waals surface area contributed by atoms with E-state index >= 15 is 0 Å². The van der Waals surface area contributed by atoms with Crippen LogP contribution in [-0.4, -0.2) is 45.0 Å². The predicted molar refractivity (Wildman–Crippen MR) is 155 cm³/mol. The molecular weight excluding hydrogens is 488 g/mol. The Kier molecular flexibility index (Phi) is 6.69. The summed E-state index contributed by atoms with van der Waals surface area (Å²) in [6.07, 6.45) is 3.32. The average Bonchev–Trinajstić information content (AvgIpc) is 3.38. The lowest BCUT2D eigenvalue weighted by Gasteiger charge is -2.31. The molecule has 0 aliphatic carbocycles. The van der Waals surface area contributed by atoms with Crippen LogP contribution in [0.3, 0.4) is 0 Å². The second-order valence-electron chi connectivity index (χ2n) is 9.89. The van der Waals surface area contributed by atoms with E-state index in [-0.39, 0.29) is 12.0 Å². The quantitative estimate of drug-likeness (QED) is 0.268. The van der Waals surface area contributed by atoms with Gasteiger partial charge in [0, 0.05) is 46.9 Å². The van der Waals surface area contributed by atoms with Crippen molar-refractivity contribution in [1.82, 2.24) is 14.8 Å². The highest BCUT2D eigenvalue weighted by Crippen LogP contribution is 2.27. The van der Waals surface area contributed by atoms with Gasteiger partial charge in [-0.1, -0.05) is 6.07 Å². The molecule has 3 heterocycles. The maximum atomic E-state index is 12.5. The number of fused-ring (bicyclic) bond motifs is 1. The van der Waals surface area contributed by atoms with Crippen LogP contribution in [0.15, 0.2) is 91.1 Å². The van der Waals surface area contributed by atoms with Crippen LogP contribution in [0.2, 0.25) is 0 Å². The number of aromatic nitrogens is 3. The molecule has 1 amide bonds. The van der Waals surface area contributed by atoms with Crippen molar-refractivity contribution in [3.63, 3.8) is 0 Å². The first-order valence-electron chi connectivity index (χ1n) is 13.2. The Morgan fingerprint density at radius 3 is 2.31 bits per heavy atom. The molecule has 0 atom stereocenters. The molecule has 6 rings (SSSR count). The van der Waals surface area contributed by atoms with E-state index in [0.717, 1.165) is 59.6 Å². The number of carbonyl (C=O) groups excluding carboxylic acids is 1. The molecule has 8 heteroatoms. The molecule has 0 radical (unpaired) electrons. The Morgan fingerprint density at radius 1 is 0.872 bits per heavy atom. The van der Waals surface area contributed by atoms with Gasteiger partial charge in [-0.05, 0) is 98.6 Å². The first-order valence-corrected chi connectivity index (χ1v) is 13.2.